The number of hydrogen-bond donors (Lipinski definition) is 1. The second kappa shape index (κ2) is 8.91. The molecular formula is C13H22ClNS. The Bertz CT molecular complexity index is 272. The highest BCUT2D eigenvalue weighted by Crippen LogP contribution is 2.14. The van der Waals surface area contributed by atoms with E-state index in [2.05, 4.69) is 49.7 Å². The number of benzene rings is 1. The lowest BCUT2D eigenvalue weighted by molar-refractivity contribution is 0.537. The van der Waals surface area contributed by atoms with Gasteiger partial charge < -0.3 is 5.32 Å². The van der Waals surface area contributed by atoms with Gasteiger partial charge in [0.2, 0.25) is 0 Å². The number of hydrogen-bond acceptors (Lipinski definition) is 2. The van der Waals surface area contributed by atoms with Gasteiger partial charge in [-0.2, -0.15) is 0 Å². The van der Waals surface area contributed by atoms with Crippen molar-refractivity contribution >= 4 is 24.2 Å². The van der Waals surface area contributed by atoms with Crippen LogP contribution in [-0.4, -0.2) is 12.8 Å². The molecule has 0 atom stereocenters. The summed E-state index contributed by atoms with van der Waals surface area (Å²) in [6.07, 6.45) is 3.36. The lowest BCUT2D eigenvalue weighted by Crippen LogP contribution is -2.16. The first-order valence-electron chi connectivity index (χ1n) is 5.56. The van der Waals surface area contributed by atoms with Crippen LogP contribution in [0.25, 0.3) is 0 Å². The van der Waals surface area contributed by atoms with Crippen LogP contribution in [0.1, 0.15) is 25.8 Å². The van der Waals surface area contributed by atoms with Crippen LogP contribution in [0.15, 0.2) is 29.2 Å². The Kier molecular flexibility index (Phi) is 8.81. The molecule has 1 aromatic carbocycles. The van der Waals surface area contributed by atoms with Gasteiger partial charge in [-0.1, -0.05) is 26.0 Å². The highest BCUT2D eigenvalue weighted by molar-refractivity contribution is 7.98. The third kappa shape index (κ3) is 6.41. The highest BCUT2D eigenvalue weighted by atomic mass is 35.5. The van der Waals surface area contributed by atoms with Crippen LogP contribution in [0.2, 0.25) is 0 Å². The molecule has 3 heteroatoms. The lowest BCUT2D eigenvalue weighted by Gasteiger charge is -2.07. The van der Waals surface area contributed by atoms with E-state index in [0.717, 1.165) is 19.0 Å². The van der Waals surface area contributed by atoms with Crippen LogP contribution >= 0.6 is 24.2 Å². The monoisotopic (exact) mass is 259 g/mol. The molecule has 0 bridgehead atoms. The number of halogens is 1. The van der Waals surface area contributed by atoms with Gasteiger partial charge in [-0.05, 0) is 42.8 Å². The minimum absolute atomic E-state index is 0. The van der Waals surface area contributed by atoms with Crippen molar-refractivity contribution in [1.82, 2.24) is 5.32 Å². The van der Waals surface area contributed by atoms with Gasteiger partial charge in [-0.3, -0.25) is 0 Å². The maximum absolute atomic E-state index is 3.46. The first kappa shape index (κ1) is 15.8. The molecule has 0 heterocycles. The molecule has 0 aliphatic heterocycles. The molecule has 1 N–H and O–H groups in total. The Balaban J connectivity index is 0.00000225. The van der Waals surface area contributed by atoms with Gasteiger partial charge in [-0.25, -0.2) is 0 Å². The van der Waals surface area contributed by atoms with E-state index in [1.165, 1.54) is 16.9 Å². The van der Waals surface area contributed by atoms with Crippen LogP contribution in [0.4, 0.5) is 0 Å². The molecule has 0 spiro atoms. The van der Waals surface area contributed by atoms with Crippen molar-refractivity contribution in [2.45, 2.75) is 31.7 Å². The Morgan fingerprint density at radius 1 is 1.19 bits per heavy atom. The van der Waals surface area contributed by atoms with Crippen LogP contribution < -0.4 is 5.32 Å². The van der Waals surface area contributed by atoms with Crippen molar-refractivity contribution in [2.75, 3.05) is 12.8 Å². The molecule has 0 aromatic heterocycles. The van der Waals surface area contributed by atoms with Crippen LogP contribution in [-0.2, 0) is 6.54 Å². The van der Waals surface area contributed by atoms with Gasteiger partial charge in [-0.15, -0.1) is 24.2 Å². The van der Waals surface area contributed by atoms with E-state index >= 15 is 0 Å². The fourth-order valence-corrected chi connectivity index (χ4v) is 1.78. The van der Waals surface area contributed by atoms with Crippen LogP contribution in [0, 0.1) is 5.92 Å². The second-order valence-electron chi connectivity index (χ2n) is 4.21. The van der Waals surface area contributed by atoms with Crippen LogP contribution in [0.3, 0.4) is 0 Å². The topological polar surface area (TPSA) is 12.0 Å². The van der Waals surface area contributed by atoms with Crippen molar-refractivity contribution in [1.29, 1.82) is 0 Å². The minimum atomic E-state index is 0. The fraction of sp³-hybridized carbons (Fsp3) is 0.538. The first-order chi connectivity index (χ1) is 7.22. The summed E-state index contributed by atoms with van der Waals surface area (Å²) in [6.45, 7) is 6.62. The average Bonchev–Trinajstić information content (AvgIpc) is 2.25. The molecule has 0 fully saturated rings. The van der Waals surface area contributed by atoms with Crippen molar-refractivity contribution in [3.05, 3.63) is 29.8 Å². The molecule has 1 aromatic rings. The summed E-state index contributed by atoms with van der Waals surface area (Å²) in [6, 6.07) is 8.77. The SMILES string of the molecule is CSc1ccc(CNCCC(C)C)cc1.Cl. The van der Waals surface area contributed by atoms with Gasteiger partial charge in [0.05, 0.1) is 0 Å². The Morgan fingerprint density at radius 3 is 2.31 bits per heavy atom. The molecule has 0 aliphatic rings. The van der Waals surface area contributed by atoms with Gasteiger partial charge in [0.25, 0.3) is 0 Å². The fourth-order valence-electron chi connectivity index (χ4n) is 1.37. The maximum Gasteiger partial charge on any atom is 0.0205 e. The Morgan fingerprint density at radius 2 is 1.81 bits per heavy atom. The smallest absolute Gasteiger partial charge is 0.0205 e. The molecule has 0 amide bonds. The van der Waals surface area contributed by atoms with E-state index in [1.54, 1.807) is 11.8 Å². The summed E-state index contributed by atoms with van der Waals surface area (Å²) in [5.41, 5.74) is 1.37. The van der Waals surface area contributed by atoms with E-state index in [1.807, 2.05) is 0 Å². The summed E-state index contributed by atoms with van der Waals surface area (Å²) in [5.74, 6) is 0.788. The molecule has 16 heavy (non-hydrogen) atoms. The number of nitrogens with one attached hydrogen (secondary N) is 1. The zero-order valence-corrected chi connectivity index (χ0v) is 12.0. The van der Waals surface area contributed by atoms with E-state index in [9.17, 15) is 0 Å². The van der Waals surface area contributed by atoms with Crippen molar-refractivity contribution in [2.24, 2.45) is 5.92 Å². The van der Waals surface area contributed by atoms with E-state index < -0.39 is 0 Å². The summed E-state index contributed by atoms with van der Waals surface area (Å²) in [4.78, 5) is 1.33. The number of rotatable bonds is 6. The Hall–Kier alpha value is -0.180. The van der Waals surface area contributed by atoms with Gasteiger partial charge >= 0.3 is 0 Å². The predicted molar refractivity (Wildman–Crippen MR) is 76.6 cm³/mol. The maximum atomic E-state index is 3.46. The molecule has 92 valence electrons. The molecule has 1 nitrogen and oxygen atoms in total. The summed E-state index contributed by atoms with van der Waals surface area (Å²) in [5, 5.41) is 3.46. The van der Waals surface area contributed by atoms with Gasteiger partial charge in [0, 0.05) is 11.4 Å². The zero-order valence-electron chi connectivity index (χ0n) is 10.3. The molecular weight excluding hydrogens is 238 g/mol. The molecule has 1 rings (SSSR count). The van der Waals surface area contributed by atoms with Gasteiger partial charge in [0.15, 0.2) is 0 Å². The highest BCUT2D eigenvalue weighted by Gasteiger charge is 1.95. The van der Waals surface area contributed by atoms with E-state index in [-0.39, 0.29) is 12.4 Å². The lowest BCUT2D eigenvalue weighted by atomic mass is 10.1. The predicted octanol–water partition coefficient (Wildman–Crippen LogP) is 3.97. The normalized spacial score (nSPS) is 10.2. The average molecular weight is 260 g/mol. The summed E-state index contributed by atoms with van der Waals surface area (Å²) in [7, 11) is 0. The summed E-state index contributed by atoms with van der Waals surface area (Å²) >= 11 is 1.79. The second-order valence-corrected chi connectivity index (χ2v) is 5.09. The molecule has 0 saturated carbocycles. The largest absolute Gasteiger partial charge is 0.313 e. The molecule has 0 unspecified atom stereocenters. The minimum Gasteiger partial charge on any atom is -0.313 e. The van der Waals surface area contributed by atoms with E-state index in [0.29, 0.717) is 0 Å². The Labute approximate surface area is 110 Å². The number of thioether (sulfide) groups is 1. The standard InChI is InChI=1S/C13H21NS.ClH/c1-11(2)8-9-14-10-12-4-6-13(15-3)7-5-12;/h4-7,11,14H,8-10H2,1-3H3;1H. The van der Waals surface area contributed by atoms with E-state index in [4.69, 9.17) is 0 Å². The molecule has 0 radical (unpaired) electrons. The zero-order chi connectivity index (χ0) is 11.1. The quantitative estimate of drug-likeness (QED) is 0.613. The van der Waals surface area contributed by atoms with Crippen molar-refractivity contribution in [3.63, 3.8) is 0 Å². The van der Waals surface area contributed by atoms with Gasteiger partial charge in [0.1, 0.15) is 0 Å². The molecule has 0 aliphatic carbocycles. The third-order valence-corrected chi connectivity index (χ3v) is 3.13. The third-order valence-electron chi connectivity index (χ3n) is 2.39. The van der Waals surface area contributed by atoms with Crippen LogP contribution in [0.5, 0.6) is 0 Å². The summed E-state index contributed by atoms with van der Waals surface area (Å²) < 4.78 is 0. The van der Waals surface area contributed by atoms with Crippen molar-refractivity contribution < 1.29 is 0 Å². The molecule has 0 saturated heterocycles. The first-order valence-corrected chi connectivity index (χ1v) is 6.78. The van der Waals surface area contributed by atoms with Crippen molar-refractivity contribution in [3.8, 4) is 0 Å².